The summed E-state index contributed by atoms with van der Waals surface area (Å²) < 4.78 is 0. The summed E-state index contributed by atoms with van der Waals surface area (Å²) in [6, 6.07) is 0.539. The van der Waals surface area contributed by atoms with Crippen LogP contribution in [0.1, 0.15) is 32.5 Å². The van der Waals surface area contributed by atoms with Crippen LogP contribution in [0.5, 0.6) is 0 Å². The molecule has 7 nitrogen and oxygen atoms in total. The smallest absolute Gasteiger partial charge is 0.178 e. The molecule has 1 saturated heterocycles. The zero-order valence-corrected chi connectivity index (χ0v) is 18.2. The Bertz CT molecular complexity index is 1080. The predicted octanol–water partition coefficient (Wildman–Crippen LogP) is 0.297. The lowest BCUT2D eigenvalue weighted by Crippen LogP contribution is -2.50. The van der Waals surface area contributed by atoms with Crippen LogP contribution in [0.3, 0.4) is 0 Å². The van der Waals surface area contributed by atoms with E-state index in [1.807, 2.05) is 25.3 Å². The minimum atomic E-state index is 0.526. The normalized spacial score (nSPS) is 19.3. The van der Waals surface area contributed by atoms with Gasteiger partial charge in [-0.15, -0.1) is 16.9 Å². The lowest BCUT2D eigenvalue weighted by molar-refractivity contribution is 0.277. The number of likely N-dealkylation sites (tertiary alicyclic amines) is 1. The third-order valence-corrected chi connectivity index (χ3v) is 5.78. The zero-order chi connectivity index (χ0) is 20.8. The van der Waals surface area contributed by atoms with Crippen molar-refractivity contribution in [3.8, 4) is 0 Å². The summed E-state index contributed by atoms with van der Waals surface area (Å²) in [5.74, 6) is 1.38. The van der Waals surface area contributed by atoms with Crippen molar-refractivity contribution in [2.45, 2.75) is 32.7 Å². The second kappa shape index (κ2) is 9.84. The maximum absolute atomic E-state index is 4.94. The van der Waals surface area contributed by atoms with Gasteiger partial charge < -0.3 is 5.32 Å². The summed E-state index contributed by atoms with van der Waals surface area (Å²) in [5, 5.41) is 23.4. The molecule has 2 aromatic rings. The Hall–Kier alpha value is -2.45. The minimum absolute atomic E-state index is 0.526. The fraction of sp³-hybridized carbons (Fsp3) is 0.429. The average Bonchev–Trinajstić information content (AvgIpc) is 3.40. The fourth-order valence-electron chi connectivity index (χ4n) is 3.78. The summed E-state index contributed by atoms with van der Waals surface area (Å²) in [4.78, 5) is 7.46. The van der Waals surface area contributed by atoms with E-state index in [0.717, 1.165) is 39.9 Å². The molecule has 1 fully saturated rings. The van der Waals surface area contributed by atoms with Crippen LogP contribution in [0, 0.1) is 0 Å². The number of hydrogen-bond donors (Lipinski definition) is 2. The minimum Gasteiger partial charge on any atom is -0.368 e. The number of anilines is 1. The van der Waals surface area contributed by atoms with Crippen molar-refractivity contribution in [3.05, 3.63) is 33.4 Å². The first kappa shape index (κ1) is 21.3. The highest BCUT2D eigenvalue weighted by Gasteiger charge is 2.22. The van der Waals surface area contributed by atoms with Gasteiger partial charge in [0, 0.05) is 28.6 Å². The van der Waals surface area contributed by atoms with Crippen LogP contribution >= 0.6 is 11.8 Å². The van der Waals surface area contributed by atoms with Gasteiger partial charge in [-0.1, -0.05) is 26.2 Å². The van der Waals surface area contributed by atoms with E-state index in [1.165, 1.54) is 19.4 Å². The second-order valence-electron chi connectivity index (χ2n) is 7.02. The van der Waals surface area contributed by atoms with Gasteiger partial charge in [-0.05, 0) is 66.2 Å². The Balaban J connectivity index is 2.05. The first-order chi connectivity index (χ1) is 14.1. The molecule has 3 rings (SSSR count). The molecule has 0 bridgehead atoms. The molecular formula is C21H29N7S. The van der Waals surface area contributed by atoms with E-state index < -0.39 is 0 Å². The standard InChI is InChI=1S/C21H29N7S/c1-6-17-15(4)18(13-29-5)21(22-12-16-9-8-10-28(16)7-2)23-19(17)11-14(3)20-24-26-27-25-20/h6,11,13,16H,3-4,7-10,12H2,1-2,5H3,(H,22,23)(H,24,25,26,27)/b17-6-,18-13+,19-11+. The first-order valence-corrected chi connectivity index (χ1v) is 11.2. The number of pyridine rings is 1. The van der Waals surface area contributed by atoms with Gasteiger partial charge in [-0.3, -0.25) is 4.90 Å². The Morgan fingerprint density at radius 1 is 1.41 bits per heavy atom. The van der Waals surface area contributed by atoms with Crippen LogP contribution in [-0.2, 0) is 0 Å². The maximum Gasteiger partial charge on any atom is 0.178 e. The van der Waals surface area contributed by atoms with Crippen LogP contribution in [0.15, 0.2) is 6.58 Å². The van der Waals surface area contributed by atoms with Crippen molar-refractivity contribution in [2.24, 2.45) is 0 Å². The molecule has 1 aliphatic heterocycles. The van der Waals surface area contributed by atoms with Gasteiger partial charge in [0.05, 0.1) is 5.35 Å². The summed E-state index contributed by atoms with van der Waals surface area (Å²) in [5.41, 5.74) is 0.672. The van der Waals surface area contributed by atoms with E-state index >= 15 is 0 Å². The number of H-pyrrole nitrogens is 1. The van der Waals surface area contributed by atoms with Gasteiger partial charge in [0.2, 0.25) is 0 Å². The fourth-order valence-corrected chi connectivity index (χ4v) is 4.27. The highest BCUT2D eigenvalue weighted by atomic mass is 32.2. The summed E-state index contributed by atoms with van der Waals surface area (Å²) in [6.07, 6.45) is 8.45. The molecule has 2 aromatic heterocycles. The Morgan fingerprint density at radius 2 is 2.24 bits per heavy atom. The summed E-state index contributed by atoms with van der Waals surface area (Å²) in [7, 11) is 0. The molecule has 2 N–H and O–H groups in total. The van der Waals surface area contributed by atoms with Crippen LogP contribution < -0.4 is 26.3 Å². The number of allylic oxidation sites excluding steroid dienone is 1. The monoisotopic (exact) mass is 411 g/mol. The second-order valence-corrected chi connectivity index (χ2v) is 7.73. The molecule has 0 spiro atoms. The van der Waals surface area contributed by atoms with Gasteiger partial charge in [-0.2, -0.15) is 0 Å². The number of thioether (sulfide) groups is 1. The molecule has 3 heterocycles. The highest BCUT2D eigenvalue weighted by Crippen LogP contribution is 2.16. The largest absolute Gasteiger partial charge is 0.368 e. The van der Waals surface area contributed by atoms with Crippen LogP contribution in [0.2, 0.25) is 0 Å². The van der Waals surface area contributed by atoms with Gasteiger partial charge >= 0.3 is 0 Å². The van der Waals surface area contributed by atoms with Gasteiger partial charge in [0.25, 0.3) is 0 Å². The van der Waals surface area contributed by atoms with Crippen molar-refractivity contribution in [1.82, 2.24) is 30.5 Å². The van der Waals surface area contributed by atoms with Crippen molar-refractivity contribution in [3.63, 3.8) is 0 Å². The molecule has 1 aliphatic rings. The molecule has 1 atom stereocenters. The number of aromatic nitrogens is 5. The molecular weight excluding hydrogens is 382 g/mol. The number of hydrogen-bond acceptors (Lipinski definition) is 7. The third-order valence-electron chi connectivity index (χ3n) is 5.31. The van der Waals surface area contributed by atoms with Crippen molar-refractivity contribution in [1.29, 1.82) is 0 Å². The van der Waals surface area contributed by atoms with Crippen LogP contribution in [0.4, 0.5) is 5.82 Å². The van der Waals surface area contributed by atoms with E-state index in [1.54, 1.807) is 11.8 Å². The molecule has 0 saturated carbocycles. The Labute approximate surface area is 175 Å². The van der Waals surface area contributed by atoms with Crippen molar-refractivity contribution >= 4 is 47.3 Å². The maximum atomic E-state index is 4.94. The average molecular weight is 412 g/mol. The number of tetrazole rings is 1. The van der Waals surface area contributed by atoms with Gasteiger partial charge in [0.1, 0.15) is 5.82 Å². The van der Waals surface area contributed by atoms with Crippen molar-refractivity contribution < 1.29 is 0 Å². The Morgan fingerprint density at radius 3 is 2.90 bits per heavy atom. The Kier molecular flexibility index (Phi) is 7.22. The van der Waals surface area contributed by atoms with Crippen LogP contribution in [0.25, 0.3) is 29.7 Å². The quantitative estimate of drug-likeness (QED) is 0.678. The van der Waals surface area contributed by atoms with Gasteiger partial charge in [0.15, 0.2) is 5.82 Å². The molecule has 0 radical (unpaired) electrons. The molecule has 8 heteroatoms. The molecule has 154 valence electrons. The lowest BCUT2D eigenvalue weighted by Gasteiger charge is -2.23. The highest BCUT2D eigenvalue weighted by molar-refractivity contribution is 8.05. The van der Waals surface area contributed by atoms with E-state index in [-0.39, 0.29) is 0 Å². The third kappa shape index (κ3) is 4.76. The van der Waals surface area contributed by atoms with Gasteiger partial charge in [-0.25, -0.2) is 10.1 Å². The van der Waals surface area contributed by atoms with E-state index in [4.69, 9.17) is 4.98 Å². The lowest BCUT2D eigenvalue weighted by atomic mass is 10.1. The van der Waals surface area contributed by atoms with Crippen molar-refractivity contribution in [2.75, 3.05) is 31.2 Å². The number of nitrogens with zero attached hydrogens (tertiary/aromatic N) is 5. The molecule has 29 heavy (non-hydrogen) atoms. The number of rotatable bonds is 7. The number of aromatic amines is 1. The number of likely N-dealkylation sites (N-methyl/N-ethyl adjacent to an activating group) is 1. The van der Waals surface area contributed by atoms with E-state index in [9.17, 15) is 0 Å². The first-order valence-electron chi connectivity index (χ1n) is 9.90. The predicted molar refractivity (Wildman–Crippen MR) is 123 cm³/mol. The SMILES string of the molecule is C=C(/C=c1/nc(NCC2CCCN2CC)/c(=C/SC)c(=C)/c1=C/C)c1nnn[nH]1. The number of nitrogens with one attached hydrogen (secondary N) is 2. The molecule has 0 aliphatic carbocycles. The zero-order valence-electron chi connectivity index (χ0n) is 17.4. The van der Waals surface area contributed by atoms with Crippen LogP contribution in [-0.4, -0.2) is 62.4 Å². The van der Waals surface area contributed by atoms with E-state index in [2.05, 4.69) is 56.3 Å². The molecule has 1 unspecified atom stereocenters. The van der Waals surface area contributed by atoms with E-state index in [0.29, 0.717) is 17.4 Å². The summed E-state index contributed by atoms with van der Waals surface area (Å²) in [6.45, 7) is 15.8. The molecule has 0 amide bonds. The topological polar surface area (TPSA) is 82.6 Å². The molecule has 0 aromatic carbocycles. The summed E-state index contributed by atoms with van der Waals surface area (Å²) >= 11 is 1.65.